The predicted molar refractivity (Wildman–Crippen MR) is 56.4 cm³/mol. The van der Waals surface area contributed by atoms with E-state index in [-0.39, 0.29) is 0 Å². The molecule has 0 unspecified atom stereocenters. The Morgan fingerprint density at radius 2 is 1.83 bits per heavy atom. The predicted octanol–water partition coefficient (Wildman–Crippen LogP) is 1.93. The van der Waals surface area contributed by atoms with E-state index in [1.54, 1.807) is 11.8 Å². The Labute approximate surface area is 77.2 Å². The van der Waals surface area contributed by atoms with Gasteiger partial charge < -0.3 is 5.32 Å². The van der Waals surface area contributed by atoms with Gasteiger partial charge >= 0.3 is 0 Å². The SMILES string of the molecule is C1=CC=CNC=C1.C1=NCCS1. The second-order valence-corrected chi connectivity index (χ2v) is 3.10. The Morgan fingerprint density at radius 3 is 2.25 bits per heavy atom. The quantitative estimate of drug-likeness (QED) is 0.616. The third-order valence-electron chi connectivity index (χ3n) is 1.21. The van der Waals surface area contributed by atoms with E-state index >= 15 is 0 Å². The van der Waals surface area contributed by atoms with Crippen LogP contribution in [-0.4, -0.2) is 17.8 Å². The van der Waals surface area contributed by atoms with Crippen molar-refractivity contribution >= 4 is 17.3 Å². The van der Waals surface area contributed by atoms with Gasteiger partial charge in [0.25, 0.3) is 0 Å². The van der Waals surface area contributed by atoms with Gasteiger partial charge in [-0.3, -0.25) is 4.99 Å². The van der Waals surface area contributed by atoms with Crippen LogP contribution < -0.4 is 5.32 Å². The molecule has 12 heavy (non-hydrogen) atoms. The molecule has 0 spiro atoms. The third kappa shape index (κ3) is 4.79. The summed E-state index contributed by atoms with van der Waals surface area (Å²) in [5, 5.41) is 2.92. The van der Waals surface area contributed by atoms with Crippen LogP contribution >= 0.6 is 11.8 Å². The van der Waals surface area contributed by atoms with E-state index in [2.05, 4.69) is 10.3 Å². The van der Waals surface area contributed by atoms with E-state index in [4.69, 9.17) is 0 Å². The van der Waals surface area contributed by atoms with Crippen molar-refractivity contribution in [2.75, 3.05) is 12.3 Å². The number of rotatable bonds is 0. The zero-order valence-corrected chi connectivity index (χ0v) is 7.63. The summed E-state index contributed by atoms with van der Waals surface area (Å²) in [5.41, 5.74) is 1.90. The summed E-state index contributed by atoms with van der Waals surface area (Å²) in [6.45, 7) is 1.03. The van der Waals surface area contributed by atoms with Gasteiger partial charge in [-0.2, -0.15) is 0 Å². The Balaban J connectivity index is 0.000000127. The van der Waals surface area contributed by atoms with Gasteiger partial charge in [-0.05, 0) is 12.2 Å². The molecule has 0 saturated carbocycles. The molecular formula is C9H12N2S. The van der Waals surface area contributed by atoms with Crippen molar-refractivity contribution in [2.24, 2.45) is 4.99 Å². The Hall–Kier alpha value is -0.960. The molecule has 1 N–H and O–H groups in total. The summed E-state index contributed by atoms with van der Waals surface area (Å²) in [5.74, 6) is 1.19. The monoisotopic (exact) mass is 180 g/mol. The van der Waals surface area contributed by atoms with Crippen molar-refractivity contribution in [2.45, 2.75) is 0 Å². The van der Waals surface area contributed by atoms with Crippen LogP contribution in [0.2, 0.25) is 0 Å². The molecule has 3 heteroatoms. The molecular weight excluding hydrogens is 168 g/mol. The van der Waals surface area contributed by atoms with Crippen LogP contribution in [0.4, 0.5) is 0 Å². The summed E-state index contributed by atoms with van der Waals surface area (Å²) in [6.07, 6.45) is 11.6. The maximum atomic E-state index is 3.92. The Bertz CT molecular complexity index is 197. The number of hydrogen-bond donors (Lipinski definition) is 1. The standard InChI is InChI=1S/C6H7N.C3H5NS/c1-2-4-6-7-5-3-1;1-2-5-3-4-1/h1-7H;3H,1-2H2. The van der Waals surface area contributed by atoms with Crippen LogP contribution in [0.3, 0.4) is 0 Å². The summed E-state index contributed by atoms with van der Waals surface area (Å²) in [6, 6.07) is 0. The Morgan fingerprint density at radius 1 is 1.08 bits per heavy atom. The molecule has 2 nitrogen and oxygen atoms in total. The lowest BCUT2D eigenvalue weighted by Gasteiger charge is -1.79. The summed E-state index contributed by atoms with van der Waals surface area (Å²) in [4.78, 5) is 3.92. The van der Waals surface area contributed by atoms with E-state index in [9.17, 15) is 0 Å². The summed E-state index contributed by atoms with van der Waals surface area (Å²) < 4.78 is 0. The molecule has 0 aliphatic carbocycles. The molecule has 0 aromatic heterocycles. The first-order valence-corrected chi connectivity index (χ1v) is 4.89. The largest absolute Gasteiger partial charge is 0.368 e. The highest BCUT2D eigenvalue weighted by Crippen LogP contribution is 1.99. The molecule has 2 aliphatic rings. The molecule has 2 rings (SSSR count). The van der Waals surface area contributed by atoms with Crippen molar-refractivity contribution in [3.8, 4) is 0 Å². The minimum atomic E-state index is 1.03. The first kappa shape index (κ1) is 9.13. The fourth-order valence-corrected chi connectivity index (χ4v) is 1.20. The maximum Gasteiger partial charge on any atom is 0.0542 e. The number of aliphatic imine (C=N–C) groups is 1. The number of allylic oxidation sites excluding steroid dienone is 4. The molecule has 0 radical (unpaired) electrons. The van der Waals surface area contributed by atoms with Crippen LogP contribution in [0, 0.1) is 0 Å². The molecule has 2 aliphatic heterocycles. The number of nitrogens with zero attached hydrogens (tertiary/aromatic N) is 1. The van der Waals surface area contributed by atoms with E-state index < -0.39 is 0 Å². The molecule has 0 saturated heterocycles. The van der Waals surface area contributed by atoms with Crippen molar-refractivity contribution in [1.82, 2.24) is 5.32 Å². The van der Waals surface area contributed by atoms with E-state index in [1.165, 1.54) is 5.75 Å². The minimum Gasteiger partial charge on any atom is -0.368 e. The van der Waals surface area contributed by atoms with Gasteiger partial charge in [0.1, 0.15) is 0 Å². The van der Waals surface area contributed by atoms with Crippen molar-refractivity contribution < 1.29 is 0 Å². The van der Waals surface area contributed by atoms with Crippen molar-refractivity contribution in [1.29, 1.82) is 0 Å². The molecule has 0 bridgehead atoms. The molecule has 0 aromatic carbocycles. The average molecular weight is 180 g/mol. The van der Waals surface area contributed by atoms with Crippen LogP contribution in [0.25, 0.3) is 0 Å². The first-order chi connectivity index (χ1) is 6.00. The second kappa shape index (κ2) is 6.73. The molecule has 0 atom stereocenters. The highest BCUT2D eigenvalue weighted by atomic mass is 32.2. The lowest BCUT2D eigenvalue weighted by molar-refractivity contribution is 1.18. The highest BCUT2D eigenvalue weighted by Gasteiger charge is 1.86. The van der Waals surface area contributed by atoms with Crippen molar-refractivity contribution in [3.63, 3.8) is 0 Å². The number of hydrogen-bond acceptors (Lipinski definition) is 3. The van der Waals surface area contributed by atoms with Gasteiger partial charge in [-0.1, -0.05) is 12.2 Å². The zero-order chi connectivity index (χ0) is 8.49. The molecule has 64 valence electrons. The van der Waals surface area contributed by atoms with Gasteiger partial charge in [-0.25, -0.2) is 0 Å². The smallest absolute Gasteiger partial charge is 0.0542 e. The molecule has 0 aromatic rings. The lowest BCUT2D eigenvalue weighted by Crippen LogP contribution is -1.87. The number of nitrogens with one attached hydrogen (secondary N) is 1. The topological polar surface area (TPSA) is 24.4 Å². The van der Waals surface area contributed by atoms with Gasteiger partial charge in [0, 0.05) is 24.7 Å². The van der Waals surface area contributed by atoms with Crippen LogP contribution in [0.5, 0.6) is 0 Å². The van der Waals surface area contributed by atoms with E-state index in [0.29, 0.717) is 0 Å². The average Bonchev–Trinajstić information content (AvgIpc) is 2.54. The normalized spacial score (nSPS) is 18.0. The van der Waals surface area contributed by atoms with Crippen LogP contribution in [0.1, 0.15) is 0 Å². The summed E-state index contributed by atoms with van der Waals surface area (Å²) >= 11 is 1.78. The zero-order valence-electron chi connectivity index (χ0n) is 6.81. The maximum absolute atomic E-state index is 3.92. The minimum absolute atomic E-state index is 1.03. The van der Waals surface area contributed by atoms with E-state index in [0.717, 1.165) is 6.54 Å². The third-order valence-corrected chi connectivity index (χ3v) is 1.92. The summed E-state index contributed by atoms with van der Waals surface area (Å²) in [7, 11) is 0. The molecule has 0 amide bonds. The fraction of sp³-hybridized carbons (Fsp3) is 0.222. The molecule has 2 heterocycles. The lowest BCUT2D eigenvalue weighted by atomic mass is 10.5. The highest BCUT2D eigenvalue weighted by molar-refractivity contribution is 8.12. The fourth-order valence-electron chi connectivity index (χ4n) is 0.670. The Kier molecular flexibility index (Phi) is 5.12. The van der Waals surface area contributed by atoms with Gasteiger partial charge in [-0.15, -0.1) is 11.8 Å². The first-order valence-electron chi connectivity index (χ1n) is 3.84. The van der Waals surface area contributed by atoms with E-state index in [1.807, 2.05) is 42.3 Å². The second-order valence-electron chi connectivity index (χ2n) is 2.15. The number of thioether (sulfide) groups is 1. The van der Waals surface area contributed by atoms with Gasteiger partial charge in [0.2, 0.25) is 0 Å². The van der Waals surface area contributed by atoms with Crippen LogP contribution in [0.15, 0.2) is 41.7 Å². The molecule has 0 fully saturated rings. The van der Waals surface area contributed by atoms with Crippen molar-refractivity contribution in [3.05, 3.63) is 36.7 Å². The van der Waals surface area contributed by atoms with Crippen LogP contribution in [-0.2, 0) is 0 Å². The van der Waals surface area contributed by atoms with Gasteiger partial charge in [0.05, 0.1) is 5.55 Å². The van der Waals surface area contributed by atoms with Gasteiger partial charge in [0.15, 0.2) is 0 Å².